The van der Waals surface area contributed by atoms with Crippen LogP contribution >= 0.6 is 0 Å². The number of hydrogen-bond donors (Lipinski definition) is 1. The van der Waals surface area contributed by atoms with Crippen LogP contribution in [0, 0.1) is 12.7 Å². The Hall–Kier alpha value is -3.36. The van der Waals surface area contributed by atoms with Crippen molar-refractivity contribution in [3.63, 3.8) is 0 Å². The fraction of sp³-hybridized carbons (Fsp3) is 0.133. The maximum absolute atomic E-state index is 13.8. The molecule has 1 aromatic carbocycles. The van der Waals surface area contributed by atoms with E-state index in [0.29, 0.717) is 23.5 Å². The minimum Gasteiger partial charge on any atom is -0.409 e. The Kier molecular flexibility index (Phi) is 3.02. The van der Waals surface area contributed by atoms with Crippen molar-refractivity contribution < 1.29 is 9.60 Å². The number of nitrogens with zero attached hydrogens (tertiary/aromatic N) is 7. The Morgan fingerprint density at radius 1 is 1.33 bits per heavy atom. The van der Waals surface area contributed by atoms with Crippen molar-refractivity contribution in [1.29, 1.82) is 0 Å². The fourth-order valence-electron chi connectivity index (χ4n) is 2.89. The van der Waals surface area contributed by atoms with E-state index in [9.17, 15) is 4.39 Å². The number of amidine groups is 1. The molecule has 1 N–H and O–H groups in total. The number of oxime groups is 1. The van der Waals surface area contributed by atoms with Gasteiger partial charge < -0.3 is 5.21 Å². The van der Waals surface area contributed by atoms with Crippen molar-refractivity contribution >= 4 is 12.6 Å². The molecule has 120 valence electrons. The summed E-state index contributed by atoms with van der Waals surface area (Å²) in [4.78, 5) is 7.98. The number of hydrogen-bond acceptors (Lipinski definition) is 5. The van der Waals surface area contributed by atoms with Gasteiger partial charge in [-0.1, -0.05) is 10.4 Å². The molecule has 9 heteroatoms. The number of rotatable bonds is 1. The number of aromatic nitrogens is 5. The molecular weight excluding hydrogens is 313 g/mol. The summed E-state index contributed by atoms with van der Waals surface area (Å²) in [5.74, 6) is -0.354. The largest absolute Gasteiger partial charge is 0.409 e. The first-order valence-corrected chi connectivity index (χ1v) is 7.11. The van der Waals surface area contributed by atoms with Crippen molar-refractivity contribution in [2.45, 2.75) is 13.3 Å². The van der Waals surface area contributed by atoms with Gasteiger partial charge in [-0.05, 0) is 25.8 Å². The molecule has 0 aliphatic carbocycles. The van der Waals surface area contributed by atoms with Crippen LogP contribution in [0.15, 0.2) is 34.7 Å². The summed E-state index contributed by atoms with van der Waals surface area (Å²) in [6, 6.07) is 4.40. The SMILES string of the molecule is C=N/C(=N\O)c1ncn2c1Cc1c(C)nnn1-c1cc(F)ccc1-2. The van der Waals surface area contributed by atoms with E-state index < -0.39 is 0 Å². The Morgan fingerprint density at radius 2 is 2.17 bits per heavy atom. The average Bonchev–Trinajstić information content (AvgIpc) is 3.11. The van der Waals surface area contributed by atoms with E-state index in [-0.39, 0.29) is 11.7 Å². The Bertz CT molecular complexity index is 1000. The molecule has 0 amide bonds. The van der Waals surface area contributed by atoms with Crippen LogP contribution in [0.3, 0.4) is 0 Å². The maximum atomic E-state index is 13.8. The first-order valence-electron chi connectivity index (χ1n) is 7.11. The van der Waals surface area contributed by atoms with Gasteiger partial charge in [-0.15, -0.1) is 5.10 Å². The monoisotopic (exact) mass is 325 g/mol. The molecule has 3 heterocycles. The summed E-state index contributed by atoms with van der Waals surface area (Å²) in [7, 11) is 0. The van der Waals surface area contributed by atoms with Gasteiger partial charge in [-0.25, -0.2) is 19.0 Å². The summed E-state index contributed by atoms with van der Waals surface area (Å²) >= 11 is 0. The lowest BCUT2D eigenvalue weighted by Gasteiger charge is -2.09. The highest BCUT2D eigenvalue weighted by Crippen LogP contribution is 2.30. The van der Waals surface area contributed by atoms with E-state index in [1.54, 1.807) is 21.6 Å². The summed E-state index contributed by atoms with van der Waals surface area (Å²) in [5.41, 5.74) is 3.89. The quantitative estimate of drug-likeness (QED) is 0.249. The topological polar surface area (TPSA) is 93.5 Å². The molecule has 8 nitrogen and oxygen atoms in total. The third-order valence-electron chi connectivity index (χ3n) is 4.04. The van der Waals surface area contributed by atoms with E-state index in [1.165, 1.54) is 12.1 Å². The van der Waals surface area contributed by atoms with E-state index in [1.807, 2.05) is 6.92 Å². The van der Waals surface area contributed by atoms with Crippen molar-refractivity contribution in [2.75, 3.05) is 0 Å². The number of aliphatic imine (C=N–C) groups is 1. The van der Waals surface area contributed by atoms with Crippen molar-refractivity contribution in [2.24, 2.45) is 10.1 Å². The lowest BCUT2D eigenvalue weighted by Crippen LogP contribution is -2.06. The van der Waals surface area contributed by atoms with Crippen molar-refractivity contribution in [3.8, 4) is 11.4 Å². The maximum Gasteiger partial charge on any atom is 0.218 e. The Morgan fingerprint density at radius 3 is 2.92 bits per heavy atom. The zero-order chi connectivity index (χ0) is 16.8. The molecule has 2 aromatic heterocycles. The molecule has 0 fully saturated rings. The normalized spacial score (nSPS) is 13.0. The molecule has 1 aliphatic rings. The standard InChI is InChI=1S/C15H12FN7O/c1-8-11-6-13-14(15(17-2)20-24)18-7-22(13)10-4-3-9(16)5-12(10)23(11)21-19-8/h3-5,7,24H,2,6H2,1H3/b20-15-. The molecular formula is C15H12FN7O. The Balaban J connectivity index is 2.07. The molecule has 0 bridgehead atoms. The average molecular weight is 325 g/mol. The summed E-state index contributed by atoms with van der Waals surface area (Å²) in [6.07, 6.45) is 1.99. The van der Waals surface area contributed by atoms with Gasteiger partial charge in [0, 0.05) is 12.5 Å². The van der Waals surface area contributed by atoms with Crippen LogP contribution in [0.25, 0.3) is 11.4 Å². The van der Waals surface area contributed by atoms with Crippen LogP contribution in [0.5, 0.6) is 0 Å². The third kappa shape index (κ3) is 1.87. The minimum atomic E-state index is -0.373. The highest BCUT2D eigenvalue weighted by Gasteiger charge is 2.26. The number of aryl methyl sites for hydroxylation is 1. The zero-order valence-corrected chi connectivity index (χ0v) is 12.7. The van der Waals surface area contributed by atoms with Gasteiger partial charge in [0.1, 0.15) is 17.8 Å². The van der Waals surface area contributed by atoms with Crippen LogP contribution < -0.4 is 0 Å². The van der Waals surface area contributed by atoms with E-state index in [4.69, 9.17) is 5.21 Å². The summed E-state index contributed by atoms with van der Waals surface area (Å²) in [6.45, 7) is 5.23. The van der Waals surface area contributed by atoms with Crippen LogP contribution in [-0.4, -0.2) is 42.3 Å². The predicted molar refractivity (Wildman–Crippen MR) is 83.9 cm³/mol. The highest BCUT2D eigenvalue weighted by molar-refractivity contribution is 6.00. The van der Waals surface area contributed by atoms with Gasteiger partial charge >= 0.3 is 0 Å². The van der Waals surface area contributed by atoms with Gasteiger partial charge in [0.15, 0.2) is 0 Å². The second-order valence-corrected chi connectivity index (χ2v) is 5.33. The smallest absolute Gasteiger partial charge is 0.218 e. The van der Waals surface area contributed by atoms with Gasteiger partial charge in [0.2, 0.25) is 5.84 Å². The molecule has 0 radical (unpaired) electrons. The second-order valence-electron chi connectivity index (χ2n) is 5.33. The van der Waals surface area contributed by atoms with Gasteiger partial charge in [-0.2, -0.15) is 0 Å². The molecule has 3 aromatic rings. The molecule has 0 saturated carbocycles. The van der Waals surface area contributed by atoms with Gasteiger partial charge in [0.05, 0.1) is 28.5 Å². The van der Waals surface area contributed by atoms with E-state index in [2.05, 4.69) is 32.2 Å². The predicted octanol–water partition coefficient (Wildman–Crippen LogP) is 1.64. The highest BCUT2D eigenvalue weighted by atomic mass is 19.1. The number of benzene rings is 1. The molecule has 0 saturated heterocycles. The van der Waals surface area contributed by atoms with Crippen LogP contribution in [0.2, 0.25) is 0 Å². The van der Waals surface area contributed by atoms with Crippen LogP contribution in [0.4, 0.5) is 4.39 Å². The third-order valence-corrected chi connectivity index (χ3v) is 4.04. The van der Waals surface area contributed by atoms with E-state index >= 15 is 0 Å². The van der Waals surface area contributed by atoms with Crippen LogP contribution in [0.1, 0.15) is 22.8 Å². The molecule has 1 aliphatic heterocycles. The number of fused-ring (bicyclic) bond motifs is 5. The van der Waals surface area contributed by atoms with Crippen molar-refractivity contribution in [3.05, 3.63) is 53.1 Å². The second kappa shape index (κ2) is 5.08. The Labute approximate surface area is 135 Å². The lowest BCUT2D eigenvalue weighted by atomic mass is 10.1. The summed E-state index contributed by atoms with van der Waals surface area (Å²) < 4.78 is 17.2. The summed E-state index contributed by atoms with van der Waals surface area (Å²) in [5, 5.41) is 20.5. The first-order chi connectivity index (χ1) is 11.6. The zero-order valence-electron chi connectivity index (χ0n) is 12.7. The lowest BCUT2D eigenvalue weighted by molar-refractivity contribution is 0.318. The van der Waals surface area contributed by atoms with Gasteiger partial charge in [-0.3, -0.25) is 4.57 Å². The number of imidazole rings is 1. The molecule has 0 unspecified atom stereocenters. The van der Waals surface area contributed by atoms with E-state index in [0.717, 1.165) is 17.1 Å². The minimum absolute atomic E-state index is 0.0194. The van der Waals surface area contributed by atoms with Crippen LogP contribution in [-0.2, 0) is 6.42 Å². The molecule has 4 rings (SSSR count). The first kappa shape index (κ1) is 14.2. The fourth-order valence-corrected chi connectivity index (χ4v) is 2.89. The molecule has 24 heavy (non-hydrogen) atoms. The van der Waals surface area contributed by atoms with Gasteiger partial charge in [0.25, 0.3) is 0 Å². The van der Waals surface area contributed by atoms with Crippen molar-refractivity contribution in [1.82, 2.24) is 24.5 Å². The molecule has 0 atom stereocenters. The molecule has 0 spiro atoms. The number of halogens is 1.